The molecule has 3 fully saturated rings. The molecule has 10 heavy (non-hydrogen) atoms. The van der Waals surface area contributed by atoms with Crippen LogP contribution in [0.15, 0.2) is 0 Å². The molecule has 0 saturated heterocycles. The molecule has 0 bridgehead atoms. The first kappa shape index (κ1) is 5.34. The maximum atomic E-state index is 11.2. The van der Waals surface area contributed by atoms with Gasteiger partial charge in [0.1, 0.15) is 5.78 Å². The molecule has 0 N–H and O–H groups in total. The van der Waals surface area contributed by atoms with Crippen molar-refractivity contribution in [2.75, 3.05) is 0 Å². The summed E-state index contributed by atoms with van der Waals surface area (Å²) in [4.78, 5) is 11.2. The lowest BCUT2D eigenvalue weighted by Crippen LogP contribution is -1.98. The van der Waals surface area contributed by atoms with Crippen molar-refractivity contribution in [3.8, 4) is 0 Å². The summed E-state index contributed by atoms with van der Waals surface area (Å²) in [6, 6.07) is 0. The fraction of sp³-hybridized carbons (Fsp3) is 0.889. The molecular formula is C9H12O. The minimum atomic E-state index is 0.553. The van der Waals surface area contributed by atoms with Crippen LogP contribution >= 0.6 is 0 Å². The molecule has 0 aromatic heterocycles. The van der Waals surface area contributed by atoms with E-state index in [0.717, 1.165) is 36.5 Å². The van der Waals surface area contributed by atoms with Gasteiger partial charge in [0.05, 0.1) is 0 Å². The fourth-order valence-corrected chi connectivity index (χ4v) is 2.73. The molecule has 1 heteroatoms. The lowest BCUT2D eigenvalue weighted by atomic mass is 10.1. The molecular weight excluding hydrogens is 124 g/mol. The van der Waals surface area contributed by atoms with Gasteiger partial charge in [-0.25, -0.2) is 0 Å². The second-order valence-corrected chi connectivity index (χ2v) is 4.27. The van der Waals surface area contributed by atoms with Gasteiger partial charge in [-0.1, -0.05) is 0 Å². The molecule has 0 aliphatic heterocycles. The third-order valence-corrected chi connectivity index (χ3v) is 3.48. The highest BCUT2D eigenvalue weighted by Crippen LogP contribution is 2.62. The van der Waals surface area contributed by atoms with Crippen LogP contribution in [0.25, 0.3) is 0 Å². The molecule has 0 spiro atoms. The summed E-state index contributed by atoms with van der Waals surface area (Å²) in [6.07, 6.45) is 4.62. The Balaban J connectivity index is 1.85. The fourth-order valence-electron chi connectivity index (χ4n) is 2.73. The minimum absolute atomic E-state index is 0.553. The van der Waals surface area contributed by atoms with Gasteiger partial charge in [-0.3, -0.25) is 4.79 Å². The molecule has 3 aliphatic rings. The molecule has 4 atom stereocenters. The first-order valence-electron chi connectivity index (χ1n) is 4.36. The van der Waals surface area contributed by atoms with Crippen molar-refractivity contribution in [1.29, 1.82) is 0 Å². The van der Waals surface area contributed by atoms with Crippen molar-refractivity contribution in [3.05, 3.63) is 0 Å². The zero-order valence-electron chi connectivity index (χ0n) is 6.05. The van der Waals surface area contributed by atoms with E-state index in [0.29, 0.717) is 5.78 Å². The van der Waals surface area contributed by atoms with Gasteiger partial charge >= 0.3 is 0 Å². The Morgan fingerprint density at radius 3 is 2.00 bits per heavy atom. The molecule has 0 aromatic rings. The summed E-state index contributed by atoms with van der Waals surface area (Å²) < 4.78 is 0. The average molecular weight is 136 g/mol. The number of rotatable bonds is 0. The van der Waals surface area contributed by atoms with Crippen LogP contribution in [0.5, 0.6) is 0 Å². The Hall–Kier alpha value is -0.330. The topological polar surface area (TPSA) is 17.1 Å². The molecule has 0 amide bonds. The number of Topliss-reactive ketones (excluding diaryl/α,β-unsaturated/α-hetero) is 1. The lowest BCUT2D eigenvalue weighted by molar-refractivity contribution is -0.119. The second kappa shape index (κ2) is 1.46. The van der Waals surface area contributed by atoms with Gasteiger partial charge in [-0.2, -0.15) is 0 Å². The Labute approximate surface area is 60.8 Å². The van der Waals surface area contributed by atoms with Crippen LogP contribution in [0.1, 0.15) is 25.7 Å². The maximum absolute atomic E-state index is 11.2. The van der Waals surface area contributed by atoms with Gasteiger partial charge in [0.15, 0.2) is 0 Å². The number of hydrogen-bond donors (Lipinski definition) is 0. The zero-order valence-corrected chi connectivity index (χ0v) is 6.05. The Bertz CT molecular complexity index is 177. The molecule has 0 unspecified atom stereocenters. The maximum Gasteiger partial charge on any atom is 0.133 e. The van der Waals surface area contributed by atoms with Gasteiger partial charge in [0.2, 0.25) is 0 Å². The monoisotopic (exact) mass is 136 g/mol. The summed E-state index contributed by atoms with van der Waals surface area (Å²) in [5, 5.41) is 0. The van der Waals surface area contributed by atoms with Crippen LogP contribution < -0.4 is 0 Å². The summed E-state index contributed by atoms with van der Waals surface area (Å²) >= 11 is 0. The van der Waals surface area contributed by atoms with Gasteiger partial charge in [0, 0.05) is 12.8 Å². The predicted molar refractivity (Wildman–Crippen MR) is 37.4 cm³/mol. The highest BCUT2D eigenvalue weighted by atomic mass is 16.1. The number of ketones is 1. The van der Waals surface area contributed by atoms with Crippen LogP contribution in [-0.4, -0.2) is 5.78 Å². The summed E-state index contributed by atoms with van der Waals surface area (Å²) in [6.45, 7) is 0. The van der Waals surface area contributed by atoms with Crippen LogP contribution in [0.4, 0.5) is 0 Å². The first-order valence-corrected chi connectivity index (χ1v) is 4.36. The van der Waals surface area contributed by atoms with E-state index >= 15 is 0 Å². The third kappa shape index (κ3) is 0.609. The molecule has 3 rings (SSSR count). The summed E-state index contributed by atoms with van der Waals surface area (Å²) in [7, 11) is 0. The summed E-state index contributed by atoms with van der Waals surface area (Å²) in [5.41, 5.74) is 0. The number of hydrogen-bond acceptors (Lipinski definition) is 1. The van der Waals surface area contributed by atoms with Crippen molar-refractivity contribution in [2.45, 2.75) is 25.7 Å². The molecule has 3 aliphatic carbocycles. The molecule has 54 valence electrons. The lowest BCUT2D eigenvalue weighted by Gasteiger charge is -1.92. The van der Waals surface area contributed by atoms with Gasteiger partial charge in [0.25, 0.3) is 0 Å². The Morgan fingerprint density at radius 1 is 1.00 bits per heavy atom. The van der Waals surface area contributed by atoms with Gasteiger partial charge in [-0.05, 0) is 36.5 Å². The van der Waals surface area contributed by atoms with E-state index < -0.39 is 0 Å². The van der Waals surface area contributed by atoms with Crippen molar-refractivity contribution in [3.63, 3.8) is 0 Å². The summed E-state index contributed by atoms with van der Waals surface area (Å²) in [5.74, 6) is 4.22. The van der Waals surface area contributed by atoms with Crippen molar-refractivity contribution < 1.29 is 4.79 Å². The highest BCUT2D eigenvalue weighted by molar-refractivity contribution is 5.80. The standard InChI is InChI=1S/C9H12O/c10-7-1-5-3-8(5)9-4-6(9)2-7/h5-6,8-9H,1-4H2/t5-,6-,8+,9+/m0/s1. The quantitative estimate of drug-likeness (QED) is 0.494. The smallest absolute Gasteiger partial charge is 0.133 e. The highest BCUT2D eigenvalue weighted by Gasteiger charge is 2.56. The normalized spacial score (nSPS) is 56.6. The molecule has 0 radical (unpaired) electrons. The van der Waals surface area contributed by atoms with Crippen molar-refractivity contribution >= 4 is 5.78 Å². The van der Waals surface area contributed by atoms with E-state index in [2.05, 4.69) is 0 Å². The molecule has 3 saturated carbocycles. The van der Waals surface area contributed by atoms with E-state index in [1.807, 2.05) is 0 Å². The average Bonchev–Trinajstić information content (AvgIpc) is 2.57. The SMILES string of the molecule is O=C1C[C@H]2C[C@H]2[C@@H]2C[C@@H]2C1. The Kier molecular flexibility index (Phi) is 0.781. The van der Waals surface area contributed by atoms with E-state index in [1.165, 1.54) is 12.8 Å². The molecule has 0 heterocycles. The molecule has 1 nitrogen and oxygen atoms in total. The van der Waals surface area contributed by atoms with E-state index in [4.69, 9.17) is 0 Å². The second-order valence-electron chi connectivity index (χ2n) is 4.27. The first-order chi connectivity index (χ1) is 4.84. The van der Waals surface area contributed by atoms with E-state index in [9.17, 15) is 4.79 Å². The Morgan fingerprint density at radius 2 is 1.50 bits per heavy atom. The third-order valence-electron chi connectivity index (χ3n) is 3.48. The van der Waals surface area contributed by atoms with E-state index in [-0.39, 0.29) is 0 Å². The van der Waals surface area contributed by atoms with E-state index in [1.54, 1.807) is 0 Å². The van der Waals surface area contributed by atoms with Crippen LogP contribution in [0.3, 0.4) is 0 Å². The number of carbonyl (C=O) groups is 1. The van der Waals surface area contributed by atoms with Crippen LogP contribution in [-0.2, 0) is 4.79 Å². The number of carbonyl (C=O) groups excluding carboxylic acids is 1. The van der Waals surface area contributed by atoms with Gasteiger partial charge in [-0.15, -0.1) is 0 Å². The minimum Gasteiger partial charge on any atom is -0.300 e. The van der Waals surface area contributed by atoms with Crippen LogP contribution in [0, 0.1) is 23.7 Å². The van der Waals surface area contributed by atoms with Crippen LogP contribution in [0.2, 0.25) is 0 Å². The van der Waals surface area contributed by atoms with Crippen molar-refractivity contribution in [1.82, 2.24) is 0 Å². The zero-order chi connectivity index (χ0) is 6.72. The molecule has 0 aromatic carbocycles. The predicted octanol–water partition coefficient (Wildman–Crippen LogP) is 1.62. The van der Waals surface area contributed by atoms with Gasteiger partial charge < -0.3 is 0 Å². The van der Waals surface area contributed by atoms with Crippen molar-refractivity contribution in [2.24, 2.45) is 23.7 Å². The largest absolute Gasteiger partial charge is 0.300 e. The number of fused-ring (bicyclic) bond motifs is 3.